The SMILES string of the molecule is C[C@@H]1COCCN1c1cc(/N=[S@@](\O)CC2CC2)nc(-c2ccnc(N)c2)n1. The van der Waals surface area contributed by atoms with Gasteiger partial charge in [0.2, 0.25) is 0 Å². The van der Waals surface area contributed by atoms with Gasteiger partial charge >= 0.3 is 0 Å². The summed E-state index contributed by atoms with van der Waals surface area (Å²) in [5, 5.41) is 0. The third-order valence-electron chi connectivity index (χ3n) is 4.68. The van der Waals surface area contributed by atoms with E-state index in [0.29, 0.717) is 42.3 Å². The molecule has 2 aromatic rings. The minimum absolute atomic E-state index is 0.204. The molecular formula is C18H24N6O2S. The molecule has 1 aliphatic carbocycles. The van der Waals surface area contributed by atoms with Crippen molar-refractivity contribution in [1.29, 1.82) is 0 Å². The van der Waals surface area contributed by atoms with Crippen LogP contribution in [0.5, 0.6) is 0 Å². The van der Waals surface area contributed by atoms with Gasteiger partial charge in [-0.2, -0.15) is 4.36 Å². The molecule has 144 valence electrons. The number of anilines is 2. The van der Waals surface area contributed by atoms with Crippen LogP contribution in [0, 0.1) is 5.92 Å². The van der Waals surface area contributed by atoms with E-state index in [1.807, 2.05) is 12.1 Å². The standard InChI is InChI=1S/C18H24N6O2S/c1-12-10-26-7-6-24(12)17-9-16(23-27(25)11-13-2-3-13)21-18(22-17)14-4-5-20-15(19)8-14/h4-5,8-9,12-13H,2-3,6-7,10-11H2,1H3,(H2,19,20)(H,21,22,23,25)/t12-,27+/m1/s1. The predicted octanol–water partition coefficient (Wildman–Crippen LogP) is 2.66. The molecule has 0 spiro atoms. The van der Waals surface area contributed by atoms with E-state index in [1.165, 1.54) is 12.8 Å². The van der Waals surface area contributed by atoms with Crippen molar-refractivity contribution in [1.82, 2.24) is 15.0 Å². The van der Waals surface area contributed by atoms with Crippen molar-refractivity contribution in [3.8, 4) is 11.4 Å². The molecule has 2 aliphatic rings. The molecule has 2 atom stereocenters. The number of nitrogens with two attached hydrogens (primary N) is 1. The highest BCUT2D eigenvalue weighted by Gasteiger charge is 2.24. The minimum Gasteiger partial charge on any atom is -0.384 e. The average Bonchev–Trinajstić information content (AvgIpc) is 3.45. The zero-order valence-electron chi connectivity index (χ0n) is 15.3. The molecular weight excluding hydrogens is 364 g/mol. The van der Waals surface area contributed by atoms with Gasteiger partial charge in [0.25, 0.3) is 0 Å². The van der Waals surface area contributed by atoms with E-state index in [0.717, 1.165) is 17.9 Å². The first kappa shape index (κ1) is 18.3. The maximum absolute atomic E-state index is 10.3. The van der Waals surface area contributed by atoms with Crippen LogP contribution in [0.1, 0.15) is 19.8 Å². The summed E-state index contributed by atoms with van der Waals surface area (Å²) in [5.74, 6) is 3.54. The summed E-state index contributed by atoms with van der Waals surface area (Å²) in [5.41, 5.74) is 6.60. The van der Waals surface area contributed by atoms with Crippen LogP contribution in [0.2, 0.25) is 0 Å². The zero-order valence-corrected chi connectivity index (χ0v) is 16.1. The van der Waals surface area contributed by atoms with Crippen molar-refractivity contribution in [3.63, 3.8) is 0 Å². The van der Waals surface area contributed by atoms with E-state index in [-0.39, 0.29) is 6.04 Å². The lowest BCUT2D eigenvalue weighted by Gasteiger charge is -2.34. The Kier molecular flexibility index (Phi) is 5.33. The van der Waals surface area contributed by atoms with Crippen molar-refractivity contribution >= 4 is 28.4 Å². The Hall–Kier alpha value is -2.10. The van der Waals surface area contributed by atoms with Crippen LogP contribution in [0.25, 0.3) is 11.4 Å². The van der Waals surface area contributed by atoms with Crippen LogP contribution in [0.3, 0.4) is 0 Å². The monoisotopic (exact) mass is 388 g/mol. The lowest BCUT2D eigenvalue weighted by Crippen LogP contribution is -2.44. The number of morpholine rings is 1. The maximum atomic E-state index is 10.3. The summed E-state index contributed by atoms with van der Waals surface area (Å²) in [6, 6.07) is 5.62. The second kappa shape index (κ2) is 7.87. The van der Waals surface area contributed by atoms with Gasteiger partial charge in [-0.15, -0.1) is 0 Å². The molecule has 8 nitrogen and oxygen atoms in total. The van der Waals surface area contributed by atoms with Gasteiger partial charge in [-0.05, 0) is 37.8 Å². The Bertz CT molecular complexity index is 857. The second-order valence-corrected chi connectivity index (χ2v) is 8.23. The molecule has 1 aliphatic heterocycles. The van der Waals surface area contributed by atoms with E-state index >= 15 is 0 Å². The fourth-order valence-electron chi connectivity index (χ4n) is 3.04. The molecule has 4 rings (SSSR count). The van der Waals surface area contributed by atoms with Gasteiger partial charge in [-0.3, -0.25) is 0 Å². The lowest BCUT2D eigenvalue weighted by molar-refractivity contribution is 0.0985. The Balaban J connectivity index is 1.73. The van der Waals surface area contributed by atoms with Crippen molar-refractivity contribution in [2.24, 2.45) is 10.3 Å². The molecule has 2 fully saturated rings. The van der Waals surface area contributed by atoms with Gasteiger partial charge in [-0.1, -0.05) is 0 Å². The summed E-state index contributed by atoms with van der Waals surface area (Å²) >= 11 is 0. The molecule has 3 N–H and O–H groups in total. The minimum atomic E-state index is -1.03. The van der Waals surface area contributed by atoms with Crippen molar-refractivity contribution in [2.75, 3.05) is 36.1 Å². The Morgan fingerprint density at radius 1 is 1.37 bits per heavy atom. The summed E-state index contributed by atoms with van der Waals surface area (Å²) in [4.78, 5) is 15.5. The van der Waals surface area contributed by atoms with E-state index in [9.17, 15) is 4.55 Å². The quantitative estimate of drug-likeness (QED) is 0.810. The summed E-state index contributed by atoms with van der Waals surface area (Å²) in [6.07, 6.45) is 4.00. The highest BCUT2D eigenvalue weighted by atomic mass is 32.2. The van der Waals surface area contributed by atoms with E-state index in [4.69, 9.17) is 15.5 Å². The Morgan fingerprint density at radius 2 is 2.22 bits per heavy atom. The van der Waals surface area contributed by atoms with Gasteiger partial charge < -0.3 is 19.9 Å². The van der Waals surface area contributed by atoms with Gasteiger partial charge in [-0.25, -0.2) is 15.0 Å². The number of nitrogens with zero attached hydrogens (tertiary/aromatic N) is 5. The topological polar surface area (TPSA) is 110 Å². The van der Waals surface area contributed by atoms with E-state index < -0.39 is 11.0 Å². The number of pyridine rings is 1. The Labute approximate surface area is 161 Å². The number of rotatable bonds is 5. The molecule has 27 heavy (non-hydrogen) atoms. The highest BCUT2D eigenvalue weighted by Crippen LogP contribution is 2.31. The molecule has 0 aromatic carbocycles. The first-order valence-corrected chi connectivity index (χ1v) is 10.5. The van der Waals surface area contributed by atoms with Crippen molar-refractivity contribution in [3.05, 3.63) is 24.4 Å². The summed E-state index contributed by atoms with van der Waals surface area (Å²) in [6.45, 7) is 4.17. The predicted molar refractivity (Wildman–Crippen MR) is 107 cm³/mol. The highest BCUT2D eigenvalue weighted by molar-refractivity contribution is 7.81. The zero-order chi connectivity index (χ0) is 18.8. The van der Waals surface area contributed by atoms with Crippen LogP contribution >= 0.6 is 0 Å². The first-order chi connectivity index (χ1) is 13.1. The molecule has 3 heterocycles. The fourth-order valence-corrected chi connectivity index (χ4v) is 4.18. The van der Waals surface area contributed by atoms with Crippen LogP contribution < -0.4 is 10.6 Å². The third kappa shape index (κ3) is 4.60. The van der Waals surface area contributed by atoms with Crippen molar-refractivity contribution in [2.45, 2.75) is 25.8 Å². The lowest BCUT2D eigenvalue weighted by atomic mass is 10.2. The van der Waals surface area contributed by atoms with E-state index in [2.05, 4.69) is 26.2 Å². The number of ether oxygens (including phenoxy) is 1. The molecule has 1 saturated carbocycles. The van der Waals surface area contributed by atoms with Gasteiger partial charge in [0, 0.05) is 41.1 Å². The second-order valence-electron chi connectivity index (χ2n) is 7.04. The van der Waals surface area contributed by atoms with Crippen LogP contribution in [-0.4, -0.2) is 51.1 Å². The molecule has 2 aromatic heterocycles. The largest absolute Gasteiger partial charge is 0.384 e. The first-order valence-electron chi connectivity index (χ1n) is 9.15. The van der Waals surface area contributed by atoms with Crippen LogP contribution in [0.4, 0.5) is 17.5 Å². The third-order valence-corrected chi connectivity index (χ3v) is 5.85. The normalized spacial score (nSPS) is 21.4. The maximum Gasteiger partial charge on any atom is 0.167 e. The van der Waals surface area contributed by atoms with Gasteiger partial charge in [0.15, 0.2) is 11.6 Å². The summed E-state index contributed by atoms with van der Waals surface area (Å²) < 4.78 is 20.3. The molecule has 9 heteroatoms. The van der Waals surface area contributed by atoms with Crippen LogP contribution in [-0.2, 0) is 15.7 Å². The van der Waals surface area contributed by atoms with Crippen LogP contribution in [0.15, 0.2) is 28.8 Å². The molecule has 0 bridgehead atoms. The molecule has 0 unspecified atom stereocenters. The number of hydrogen-bond acceptors (Lipinski definition) is 7. The summed E-state index contributed by atoms with van der Waals surface area (Å²) in [7, 11) is -1.03. The van der Waals surface area contributed by atoms with E-state index in [1.54, 1.807) is 12.3 Å². The molecule has 0 amide bonds. The fraction of sp³-hybridized carbons (Fsp3) is 0.500. The van der Waals surface area contributed by atoms with Gasteiger partial charge in [0.05, 0.1) is 19.3 Å². The number of hydrogen-bond donors (Lipinski definition) is 2. The number of nitrogen functional groups attached to an aromatic ring is 1. The number of aromatic nitrogens is 3. The molecule has 0 radical (unpaired) electrons. The van der Waals surface area contributed by atoms with Crippen molar-refractivity contribution < 1.29 is 9.29 Å². The molecule has 1 saturated heterocycles. The van der Waals surface area contributed by atoms with Gasteiger partial charge in [0.1, 0.15) is 11.6 Å². The average molecular weight is 388 g/mol. The smallest absolute Gasteiger partial charge is 0.167 e. The Morgan fingerprint density at radius 3 is 2.96 bits per heavy atom.